The van der Waals surface area contributed by atoms with Gasteiger partial charge in [-0.05, 0) is 30.7 Å². The molecule has 2 aromatic heterocycles. The molecule has 38 heavy (non-hydrogen) atoms. The van der Waals surface area contributed by atoms with Gasteiger partial charge in [0.25, 0.3) is 0 Å². The quantitative estimate of drug-likeness (QED) is 0.280. The fourth-order valence-electron chi connectivity index (χ4n) is 4.19. The second kappa shape index (κ2) is 11.4. The van der Waals surface area contributed by atoms with Crippen LogP contribution in [0.3, 0.4) is 0 Å². The number of ether oxygens (including phenoxy) is 2. The SMILES string of the molecule is NS(=O)(=O)c1ccc(-c2oc(C(O)COCc3csc(C4CCOC(O)C4)n3)nc2-c2ccccc2)cc1. The molecular weight excluding hydrogens is 530 g/mol. The van der Waals surface area contributed by atoms with E-state index in [-0.39, 0.29) is 29.9 Å². The van der Waals surface area contributed by atoms with Gasteiger partial charge in [-0.1, -0.05) is 30.3 Å². The normalized spacial score (nSPS) is 18.9. The third-order valence-corrected chi connectivity index (χ3v) is 8.11. The number of rotatable bonds is 9. The average molecular weight is 558 g/mol. The molecule has 3 unspecified atom stereocenters. The molecule has 10 nitrogen and oxygen atoms in total. The standard InChI is InChI=1S/C26H27N3O7S2/c27-38(32,33)20-8-6-17(7-9-20)24-23(16-4-2-1-3-5-16)29-25(36-24)21(30)14-34-13-19-15-37-26(28-19)18-10-11-35-22(31)12-18/h1-9,15,18,21-22,30-31H,10-14H2,(H2,27,32,33). The first-order valence-corrected chi connectivity index (χ1v) is 14.4. The molecule has 200 valence electrons. The van der Waals surface area contributed by atoms with Crippen LogP contribution in [0.25, 0.3) is 22.6 Å². The number of aliphatic hydroxyl groups excluding tert-OH is 2. The van der Waals surface area contributed by atoms with Gasteiger partial charge < -0.3 is 24.1 Å². The largest absolute Gasteiger partial charge is 0.437 e. The van der Waals surface area contributed by atoms with Gasteiger partial charge in [0.05, 0.1) is 35.4 Å². The molecule has 0 saturated carbocycles. The minimum atomic E-state index is -3.84. The monoisotopic (exact) mass is 557 g/mol. The molecule has 1 aliphatic heterocycles. The Hall–Kier alpha value is -2.97. The Balaban J connectivity index is 1.29. The summed E-state index contributed by atoms with van der Waals surface area (Å²) < 4.78 is 40.1. The van der Waals surface area contributed by atoms with E-state index in [1.165, 1.54) is 23.5 Å². The highest BCUT2D eigenvalue weighted by atomic mass is 32.2. The predicted octanol–water partition coefficient (Wildman–Crippen LogP) is 3.58. The van der Waals surface area contributed by atoms with E-state index in [9.17, 15) is 18.6 Å². The number of nitrogens with zero attached hydrogens (tertiary/aromatic N) is 2. The van der Waals surface area contributed by atoms with Gasteiger partial charge in [-0.15, -0.1) is 11.3 Å². The number of sulfonamides is 1. The van der Waals surface area contributed by atoms with Crippen LogP contribution in [0.4, 0.5) is 0 Å². The molecule has 1 aliphatic rings. The summed E-state index contributed by atoms with van der Waals surface area (Å²) in [6.07, 6.45) is -0.567. The number of benzene rings is 2. The maximum absolute atomic E-state index is 11.6. The van der Waals surface area contributed by atoms with Crippen molar-refractivity contribution in [1.82, 2.24) is 9.97 Å². The van der Waals surface area contributed by atoms with Gasteiger partial charge in [-0.3, -0.25) is 0 Å². The summed E-state index contributed by atoms with van der Waals surface area (Å²) in [6, 6.07) is 15.3. The third kappa shape index (κ3) is 6.18. The molecule has 12 heteroatoms. The van der Waals surface area contributed by atoms with Gasteiger partial charge in [0.15, 0.2) is 18.2 Å². The fourth-order valence-corrected chi connectivity index (χ4v) is 5.65. The van der Waals surface area contributed by atoms with Crippen LogP contribution < -0.4 is 5.14 Å². The summed E-state index contributed by atoms with van der Waals surface area (Å²) in [4.78, 5) is 9.13. The second-order valence-corrected chi connectivity index (χ2v) is 11.4. The zero-order valence-electron chi connectivity index (χ0n) is 20.3. The number of aliphatic hydroxyl groups is 2. The first-order valence-electron chi connectivity index (χ1n) is 12.0. The Morgan fingerprint density at radius 3 is 2.58 bits per heavy atom. The molecule has 1 saturated heterocycles. The number of primary sulfonamides is 1. The molecule has 3 atom stereocenters. The maximum atomic E-state index is 11.6. The van der Waals surface area contributed by atoms with E-state index >= 15 is 0 Å². The summed E-state index contributed by atoms with van der Waals surface area (Å²) in [5, 5.41) is 28.6. The first kappa shape index (κ1) is 26.6. The smallest absolute Gasteiger partial charge is 0.238 e. The van der Waals surface area contributed by atoms with E-state index in [1.807, 2.05) is 35.7 Å². The van der Waals surface area contributed by atoms with Crippen LogP contribution in [0, 0.1) is 0 Å². The van der Waals surface area contributed by atoms with Crippen molar-refractivity contribution in [3.05, 3.63) is 76.6 Å². The zero-order valence-corrected chi connectivity index (χ0v) is 21.9. The van der Waals surface area contributed by atoms with E-state index in [2.05, 4.69) is 9.97 Å². The van der Waals surface area contributed by atoms with Gasteiger partial charge >= 0.3 is 0 Å². The molecule has 4 aromatic rings. The second-order valence-electron chi connectivity index (χ2n) is 8.92. The number of hydrogen-bond donors (Lipinski definition) is 3. The van der Waals surface area contributed by atoms with Crippen molar-refractivity contribution in [3.8, 4) is 22.6 Å². The molecule has 0 aliphatic carbocycles. The summed E-state index contributed by atoms with van der Waals surface area (Å²) in [5.74, 6) is 0.614. The van der Waals surface area contributed by atoms with E-state index < -0.39 is 22.4 Å². The van der Waals surface area contributed by atoms with Gasteiger partial charge in [0, 0.05) is 28.8 Å². The minimum Gasteiger partial charge on any atom is -0.437 e. The summed E-state index contributed by atoms with van der Waals surface area (Å²) in [6.45, 7) is 0.637. The fraction of sp³-hybridized carbons (Fsp3) is 0.308. The van der Waals surface area contributed by atoms with Crippen LogP contribution in [0.2, 0.25) is 0 Å². The molecule has 4 N–H and O–H groups in total. The highest BCUT2D eigenvalue weighted by Crippen LogP contribution is 2.35. The van der Waals surface area contributed by atoms with Crippen LogP contribution in [0.1, 0.15) is 41.5 Å². The molecule has 2 aromatic carbocycles. The zero-order chi connectivity index (χ0) is 26.7. The van der Waals surface area contributed by atoms with E-state index in [4.69, 9.17) is 19.0 Å². The molecule has 3 heterocycles. The lowest BCUT2D eigenvalue weighted by atomic mass is 10.0. The van der Waals surface area contributed by atoms with E-state index in [1.54, 1.807) is 12.1 Å². The molecule has 0 radical (unpaired) electrons. The van der Waals surface area contributed by atoms with Crippen molar-refractivity contribution in [3.63, 3.8) is 0 Å². The van der Waals surface area contributed by atoms with E-state index in [0.717, 1.165) is 22.7 Å². The Morgan fingerprint density at radius 2 is 1.87 bits per heavy atom. The van der Waals surface area contributed by atoms with Crippen molar-refractivity contribution in [2.45, 2.75) is 42.7 Å². The Bertz CT molecular complexity index is 1470. The summed E-state index contributed by atoms with van der Waals surface area (Å²) in [5.41, 5.74) is 2.60. The van der Waals surface area contributed by atoms with Crippen LogP contribution in [0.5, 0.6) is 0 Å². The van der Waals surface area contributed by atoms with Crippen molar-refractivity contribution < 1.29 is 32.5 Å². The third-order valence-electron chi connectivity index (χ3n) is 6.13. The van der Waals surface area contributed by atoms with E-state index in [0.29, 0.717) is 30.0 Å². The van der Waals surface area contributed by atoms with Crippen LogP contribution >= 0.6 is 11.3 Å². The lowest BCUT2D eigenvalue weighted by molar-refractivity contribution is -0.129. The van der Waals surface area contributed by atoms with Crippen molar-refractivity contribution in [2.24, 2.45) is 5.14 Å². The lowest BCUT2D eigenvalue weighted by Gasteiger charge is -2.24. The summed E-state index contributed by atoms with van der Waals surface area (Å²) in [7, 11) is -3.84. The van der Waals surface area contributed by atoms with Gasteiger partial charge in [-0.25, -0.2) is 23.5 Å². The average Bonchev–Trinajstić information content (AvgIpc) is 3.57. The van der Waals surface area contributed by atoms with Gasteiger partial charge in [0.1, 0.15) is 5.69 Å². The lowest BCUT2D eigenvalue weighted by Crippen LogP contribution is -2.23. The maximum Gasteiger partial charge on any atom is 0.238 e. The number of aromatic nitrogens is 2. The highest BCUT2D eigenvalue weighted by molar-refractivity contribution is 7.89. The molecule has 1 fully saturated rings. The number of oxazole rings is 1. The van der Waals surface area contributed by atoms with Crippen molar-refractivity contribution in [1.29, 1.82) is 0 Å². The minimum absolute atomic E-state index is 0.0196. The van der Waals surface area contributed by atoms with Crippen LogP contribution in [-0.2, 0) is 26.1 Å². The van der Waals surface area contributed by atoms with Gasteiger partial charge in [-0.2, -0.15) is 0 Å². The highest BCUT2D eigenvalue weighted by Gasteiger charge is 2.25. The molecule has 0 amide bonds. The van der Waals surface area contributed by atoms with Crippen LogP contribution in [-0.4, -0.2) is 48.1 Å². The molecule has 5 rings (SSSR count). The molecular formula is C26H27N3O7S2. The topological polar surface area (TPSA) is 158 Å². The first-order chi connectivity index (χ1) is 18.3. The number of hydrogen-bond acceptors (Lipinski definition) is 10. The number of nitrogens with two attached hydrogens (primary N) is 1. The molecule has 0 bridgehead atoms. The van der Waals surface area contributed by atoms with Crippen molar-refractivity contribution in [2.75, 3.05) is 13.2 Å². The Morgan fingerprint density at radius 1 is 1.11 bits per heavy atom. The Kier molecular flexibility index (Phi) is 8.00. The van der Waals surface area contributed by atoms with Crippen LogP contribution in [0.15, 0.2) is 69.3 Å². The Labute approximate surface area is 223 Å². The van der Waals surface area contributed by atoms with Crippen molar-refractivity contribution >= 4 is 21.4 Å². The summed E-state index contributed by atoms with van der Waals surface area (Å²) >= 11 is 1.52. The molecule has 0 spiro atoms. The predicted molar refractivity (Wildman–Crippen MR) is 139 cm³/mol. The van der Waals surface area contributed by atoms with Gasteiger partial charge in [0.2, 0.25) is 15.9 Å². The number of thiazole rings is 1.